The van der Waals surface area contributed by atoms with Crippen molar-refractivity contribution in [2.45, 2.75) is 236 Å². The fourth-order valence-corrected chi connectivity index (χ4v) is 12.8. The van der Waals surface area contributed by atoms with Gasteiger partial charge in [0.2, 0.25) is 76.8 Å². The molecule has 0 radical (unpaired) electrons. The number of hydrogen-bond donors (Lipinski definition) is 21. The number of carbonyl (C=O) groups excluding carboxylic acids is 13. The molecule has 0 spiro atoms. The van der Waals surface area contributed by atoms with Crippen LogP contribution in [-0.4, -0.2) is 228 Å². The van der Waals surface area contributed by atoms with Crippen molar-refractivity contribution in [1.82, 2.24) is 68.7 Å². The molecule has 0 bridgehead atoms. The summed E-state index contributed by atoms with van der Waals surface area (Å²) in [6, 6.07) is -3.18. The Morgan fingerprint density at radius 1 is 0.487 bits per heavy atom. The second kappa shape index (κ2) is 49.6. The Morgan fingerprint density at radius 3 is 1.44 bits per heavy atom. The summed E-state index contributed by atoms with van der Waals surface area (Å²) >= 11 is 0. The molecule has 0 saturated carbocycles. The minimum Gasteiger partial charge on any atom is -0.508 e. The maximum absolute atomic E-state index is 15.1. The highest BCUT2D eigenvalue weighted by Crippen LogP contribution is 2.23. The Kier molecular flexibility index (Phi) is 41.5. The van der Waals surface area contributed by atoms with E-state index in [-0.39, 0.29) is 152 Å². The molecule has 38 heteroatoms. The molecule has 2 aromatic carbocycles. The smallest absolute Gasteiger partial charge is 0.305 e. The third kappa shape index (κ3) is 34.4. The molecule has 628 valence electrons. The summed E-state index contributed by atoms with van der Waals surface area (Å²) < 4.78 is 0. The number of carboxylic acid groups (broad SMARTS) is 1. The molecule has 2 aliphatic heterocycles. The number of amides is 13. The molecule has 2 fully saturated rings. The van der Waals surface area contributed by atoms with Crippen molar-refractivity contribution in [3.8, 4) is 5.75 Å². The standard InChI is InChI=1S/C75H122N22O16/c1-7-44(6)61-72(112)91-52(23-16-33-85-75(81)82)73(113)97-35-17-24-58(97)71(111)90-50(21-12-14-31-77)66(106)93-54(37-43(4)5)68(108)89-49(20-11-13-30-76)65(105)94-55(39-46-25-27-47(98)28-26-46)64(104)86-41-59(99)87-57(40-60(100)101)70(110)95-56(38-45-18-9-8-10-19-45)69(109)92-53(36-42(2)3)63(103)83-34-29-48(78)62(102)88-51(67(107)96-61)22-15-32-84-74(79)80/h8-10,18-19,25-28,42-44,48-58,61,98H,7,11-17,20-24,29-41,76-78H2,1-6H3,(H,83,103)(H,86,104)(H,87,99)(H,88,102)(H,89,108)(H,90,111)(H,91,112)(H,92,109)(H,93,106)(H,94,105)(H,95,110)(H,96,107)(H,100,101)(H4,79,80,84)(H4,81,82,85)/t44-,48-,49-,50-,51-,52-,53-,54-,55-,56-,57+,58-,61-/m0/s1. The van der Waals surface area contributed by atoms with E-state index in [0.29, 0.717) is 43.2 Å². The zero-order valence-electron chi connectivity index (χ0n) is 65.7. The van der Waals surface area contributed by atoms with Crippen molar-refractivity contribution in [1.29, 1.82) is 0 Å². The molecule has 2 heterocycles. The molecule has 2 aromatic rings. The van der Waals surface area contributed by atoms with E-state index in [0.717, 1.165) is 0 Å². The van der Waals surface area contributed by atoms with Crippen LogP contribution in [0.2, 0.25) is 0 Å². The number of benzene rings is 2. The highest BCUT2D eigenvalue weighted by molar-refractivity contribution is 6.00. The summed E-state index contributed by atoms with van der Waals surface area (Å²) in [6.07, 6.45) is 0.401. The number of aliphatic imine (C=N–C) groups is 2. The first-order valence-electron chi connectivity index (χ1n) is 38.8. The van der Waals surface area contributed by atoms with Crippen molar-refractivity contribution < 1.29 is 77.3 Å². The van der Waals surface area contributed by atoms with Gasteiger partial charge in [-0.25, -0.2) is 0 Å². The number of nitrogens with two attached hydrogens (primary N) is 7. The fourth-order valence-electron chi connectivity index (χ4n) is 12.8. The van der Waals surface area contributed by atoms with Gasteiger partial charge in [0, 0.05) is 39.0 Å². The number of nitrogens with one attached hydrogen (secondary N) is 12. The van der Waals surface area contributed by atoms with Crippen molar-refractivity contribution in [2.75, 3.05) is 45.8 Å². The summed E-state index contributed by atoms with van der Waals surface area (Å²) in [5, 5.41) is 52.1. The lowest BCUT2D eigenvalue weighted by Crippen LogP contribution is -2.61. The Labute approximate surface area is 659 Å². The summed E-state index contributed by atoms with van der Waals surface area (Å²) in [7, 11) is 0. The molecule has 2 saturated heterocycles. The lowest BCUT2D eigenvalue weighted by atomic mass is 9.96. The zero-order chi connectivity index (χ0) is 83.9. The Hall–Kier alpha value is -10.8. The van der Waals surface area contributed by atoms with Gasteiger partial charge in [-0.1, -0.05) is 90.4 Å². The minimum atomic E-state index is -1.89. The largest absolute Gasteiger partial charge is 0.508 e. The number of phenolic OH excluding ortho intramolecular Hbond substituents is 1. The molecule has 13 atom stereocenters. The maximum atomic E-state index is 15.1. The second-order valence-electron chi connectivity index (χ2n) is 29.5. The topological polar surface area (TPSA) is 634 Å². The number of guanidine groups is 2. The van der Waals surface area contributed by atoms with E-state index in [9.17, 15) is 72.5 Å². The normalized spacial score (nSPS) is 24.3. The molecule has 38 nitrogen and oxygen atoms in total. The van der Waals surface area contributed by atoms with Gasteiger partial charge in [-0.05, 0) is 150 Å². The van der Waals surface area contributed by atoms with E-state index in [2.05, 4.69) is 73.8 Å². The number of hydrogen-bond acceptors (Lipinski definition) is 20. The van der Waals surface area contributed by atoms with E-state index in [1.54, 1.807) is 71.9 Å². The van der Waals surface area contributed by atoms with Crippen LogP contribution in [0.25, 0.3) is 0 Å². The summed E-state index contributed by atoms with van der Waals surface area (Å²) in [5.74, 6) is -14.7. The van der Waals surface area contributed by atoms with Gasteiger partial charge in [0.25, 0.3) is 0 Å². The van der Waals surface area contributed by atoms with E-state index in [1.165, 1.54) is 29.2 Å². The SMILES string of the molecule is CC[C@H](C)[C@@H]1NC(=O)[C@H](CCCN=C(N)N)NC(=O)[C@@H](N)CCNC(=O)[C@H](CC(C)C)NC(=O)[C@H](Cc2ccccc2)NC(=O)[C@@H](CC(=O)O)NC(=O)CNC(=O)[C@H](Cc2ccc(O)cc2)NC(=O)[C@H](CCCCN)NC(=O)[C@H](CC(C)C)NC(=O)[C@H](CCCCN)NC(=O)[C@@H]2CCCN2C(=O)[C@H](CCCN=C(N)N)NC1=O. The lowest BCUT2D eigenvalue weighted by molar-refractivity contribution is -0.143. The summed E-state index contributed by atoms with van der Waals surface area (Å²) in [4.78, 5) is 211. The number of aliphatic carboxylic acids is 1. The van der Waals surface area contributed by atoms with Gasteiger partial charge in [0.15, 0.2) is 11.9 Å². The van der Waals surface area contributed by atoms with Gasteiger partial charge in [0.1, 0.15) is 72.2 Å². The Morgan fingerprint density at radius 2 is 0.920 bits per heavy atom. The number of fused-ring (bicyclic) bond motifs is 1. The van der Waals surface area contributed by atoms with Gasteiger partial charge in [0.05, 0.1) is 19.0 Å². The third-order valence-corrected chi connectivity index (χ3v) is 19.1. The van der Waals surface area contributed by atoms with E-state index in [4.69, 9.17) is 40.1 Å². The number of phenols is 1. The Balaban J connectivity index is 1.87. The molecule has 4 rings (SSSR count). The highest BCUT2D eigenvalue weighted by Gasteiger charge is 2.42. The lowest BCUT2D eigenvalue weighted by Gasteiger charge is -2.32. The predicted molar refractivity (Wildman–Crippen MR) is 421 cm³/mol. The van der Waals surface area contributed by atoms with Gasteiger partial charge in [-0.2, -0.15) is 0 Å². The predicted octanol–water partition coefficient (Wildman–Crippen LogP) is -4.04. The van der Waals surface area contributed by atoms with Crippen LogP contribution in [0.5, 0.6) is 5.75 Å². The first-order valence-corrected chi connectivity index (χ1v) is 38.8. The van der Waals surface area contributed by atoms with Crippen LogP contribution < -0.4 is 104 Å². The average Bonchev–Trinajstić information content (AvgIpc) is 1.05. The minimum absolute atomic E-state index is 0.00102. The first-order chi connectivity index (χ1) is 53.6. The van der Waals surface area contributed by atoms with Gasteiger partial charge in [-0.3, -0.25) is 77.1 Å². The summed E-state index contributed by atoms with van der Waals surface area (Å²) in [5.41, 5.74) is 41.6. The second-order valence-corrected chi connectivity index (χ2v) is 29.5. The van der Waals surface area contributed by atoms with E-state index < -0.39 is 174 Å². The zero-order valence-corrected chi connectivity index (χ0v) is 65.7. The van der Waals surface area contributed by atoms with Crippen LogP contribution >= 0.6 is 0 Å². The average molecular weight is 1590 g/mol. The van der Waals surface area contributed by atoms with Crippen LogP contribution in [-0.2, 0) is 80.0 Å². The first kappa shape index (κ1) is 94.6. The molecule has 0 aliphatic carbocycles. The summed E-state index contributed by atoms with van der Waals surface area (Å²) in [6.45, 7) is 9.83. The molecule has 0 unspecified atom stereocenters. The van der Waals surface area contributed by atoms with Crippen molar-refractivity contribution in [3.05, 3.63) is 65.7 Å². The molecule has 13 amide bonds. The molecular formula is C75H122N22O16. The number of nitrogens with zero attached hydrogens (tertiary/aromatic N) is 3. The van der Waals surface area contributed by atoms with Gasteiger partial charge in [-0.15, -0.1) is 0 Å². The van der Waals surface area contributed by atoms with Crippen LogP contribution in [0.3, 0.4) is 0 Å². The molecule has 28 N–H and O–H groups in total. The molecule has 113 heavy (non-hydrogen) atoms. The third-order valence-electron chi connectivity index (χ3n) is 19.1. The van der Waals surface area contributed by atoms with Gasteiger partial charge >= 0.3 is 5.97 Å². The van der Waals surface area contributed by atoms with Crippen molar-refractivity contribution >= 4 is 94.7 Å². The number of aromatic hydroxyl groups is 1. The highest BCUT2D eigenvalue weighted by atomic mass is 16.4. The molecule has 0 aromatic heterocycles. The number of rotatable bonds is 28. The Bertz CT molecular complexity index is 3540. The monoisotopic (exact) mass is 1590 g/mol. The quantitative estimate of drug-likeness (QED) is 0.0219. The van der Waals surface area contributed by atoms with Crippen LogP contribution in [0.1, 0.15) is 162 Å². The number of unbranched alkanes of at least 4 members (excludes halogenated alkanes) is 2. The van der Waals surface area contributed by atoms with Crippen molar-refractivity contribution in [2.24, 2.45) is 67.9 Å². The van der Waals surface area contributed by atoms with E-state index in [1.807, 2.05) is 0 Å². The van der Waals surface area contributed by atoms with Crippen molar-refractivity contribution in [3.63, 3.8) is 0 Å². The fraction of sp³-hybridized carbons (Fsp3) is 0.627. The molecule has 2 aliphatic rings. The van der Waals surface area contributed by atoms with Gasteiger partial charge < -0.3 is 119 Å². The maximum Gasteiger partial charge on any atom is 0.305 e. The van der Waals surface area contributed by atoms with Crippen LogP contribution in [0.4, 0.5) is 0 Å². The number of carboxylic acids is 1. The van der Waals surface area contributed by atoms with Crippen LogP contribution in [0, 0.1) is 17.8 Å². The number of carbonyl (C=O) groups is 14. The van der Waals surface area contributed by atoms with E-state index >= 15 is 4.79 Å². The molecular weight excluding hydrogens is 1460 g/mol. The van der Waals surface area contributed by atoms with Crippen LogP contribution in [0.15, 0.2) is 64.6 Å².